The lowest BCUT2D eigenvalue weighted by Crippen LogP contribution is -2.42. The molecule has 1 aromatic carbocycles. The van der Waals surface area contributed by atoms with Crippen LogP contribution in [0.4, 0.5) is 22.0 Å². The summed E-state index contributed by atoms with van der Waals surface area (Å²) < 4.78 is 5.68. The molecule has 0 saturated heterocycles. The van der Waals surface area contributed by atoms with E-state index < -0.39 is 16.6 Å². The van der Waals surface area contributed by atoms with Crippen molar-refractivity contribution < 1.29 is 14.5 Å². The van der Waals surface area contributed by atoms with E-state index in [-0.39, 0.29) is 11.5 Å². The Morgan fingerprint density at radius 2 is 1.92 bits per heavy atom. The number of aromatic nitrogens is 1. The third kappa shape index (κ3) is 5.71. The fourth-order valence-electron chi connectivity index (χ4n) is 1.85. The summed E-state index contributed by atoms with van der Waals surface area (Å²) >= 11 is 3.15. The summed E-state index contributed by atoms with van der Waals surface area (Å²) in [5.41, 5.74) is 0.0193. The normalized spacial score (nSPS) is 10.9. The molecule has 2 N–H and O–H groups in total. The number of carbonyl (C=O) groups excluding carboxylic acids is 1. The minimum absolute atomic E-state index is 0.118. The van der Waals surface area contributed by atoms with Gasteiger partial charge in [0, 0.05) is 28.0 Å². The summed E-state index contributed by atoms with van der Waals surface area (Å²) in [4.78, 5) is 26.3. The number of nitrogens with one attached hydrogen (secondary N) is 2. The van der Waals surface area contributed by atoms with Gasteiger partial charge in [0.1, 0.15) is 5.75 Å². The van der Waals surface area contributed by atoms with Crippen molar-refractivity contribution in [2.24, 2.45) is 0 Å². The van der Waals surface area contributed by atoms with Crippen molar-refractivity contribution in [1.29, 1.82) is 0 Å². The SMILES string of the molecule is CC(C)(C)NC(=O)Oc1ccc(Nc2ncc(Br)cc2[N+](=O)[O-])cc1. The van der Waals surface area contributed by atoms with Gasteiger partial charge < -0.3 is 15.4 Å². The first kappa shape index (κ1) is 18.7. The Balaban J connectivity index is 2.09. The Labute approximate surface area is 152 Å². The second-order valence-electron chi connectivity index (χ2n) is 6.19. The van der Waals surface area contributed by atoms with Crippen molar-refractivity contribution in [2.75, 3.05) is 5.32 Å². The van der Waals surface area contributed by atoms with E-state index in [1.807, 2.05) is 20.8 Å². The zero-order valence-electron chi connectivity index (χ0n) is 13.9. The molecular formula is C16H17BrN4O4. The van der Waals surface area contributed by atoms with Gasteiger partial charge in [-0.15, -0.1) is 0 Å². The Morgan fingerprint density at radius 3 is 2.48 bits per heavy atom. The monoisotopic (exact) mass is 408 g/mol. The zero-order valence-corrected chi connectivity index (χ0v) is 15.5. The van der Waals surface area contributed by atoms with Crippen LogP contribution in [0.2, 0.25) is 0 Å². The number of pyridine rings is 1. The summed E-state index contributed by atoms with van der Waals surface area (Å²) in [7, 11) is 0. The van der Waals surface area contributed by atoms with Gasteiger partial charge in [0.2, 0.25) is 5.82 Å². The van der Waals surface area contributed by atoms with Crippen molar-refractivity contribution in [2.45, 2.75) is 26.3 Å². The Morgan fingerprint density at radius 1 is 1.28 bits per heavy atom. The topological polar surface area (TPSA) is 106 Å². The largest absolute Gasteiger partial charge is 0.413 e. The van der Waals surface area contributed by atoms with Crippen LogP contribution in [0.15, 0.2) is 41.0 Å². The van der Waals surface area contributed by atoms with Crippen molar-refractivity contribution in [1.82, 2.24) is 10.3 Å². The smallest absolute Gasteiger partial charge is 0.410 e. The molecule has 25 heavy (non-hydrogen) atoms. The van der Waals surface area contributed by atoms with Crippen LogP contribution in [0.25, 0.3) is 0 Å². The number of hydrogen-bond donors (Lipinski definition) is 2. The van der Waals surface area contributed by atoms with Crippen LogP contribution in [0.5, 0.6) is 5.75 Å². The van der Waals surface area contributed by atoms with Crippen molar-refractivity contribution in [3.63, 3.8) is 0 Å². The van der Waals surface area contributed by atoms with Crippen LogP contribution in [-0.4, -0.2) is 21.5 Å². The zero-order chi connectivity index (χ0) is 18.6. The van der Waals surface area contributed by atoms with E-state index in [1.165, 1.54) is 12.3 Å². The predicted molar refractivity (Wildman–Crippen MR) is 97.2 cm³/mol. The maximum absolute atomic E-state index is 11.7. The lowest BCUT2D eigenvalue weighted by atomic mass is 10.1. The summed E-state index contributed by atoms with van der Waals surface area (Å²) in [5.74, 6) is 0.470. The van der Waals surface area contributed by atoms with Crippen LogP contribution in [0.1, 0.15) is 20.8 Å². The van der Waals surface area contributed by atoms with Gasteiger partial charge in [-0.1, -0.05) is 0 Å². The van der Waals surface area contributed by atoms with Gasteiger partial charge in [0.15, 0.2) is 0 Å². The van der Waals surface area contributed by atoms with Crippen LogP contribution >= 0.6 is 15.9 Å². The average molecular weight is 409 g/mol. The van der Waals surface area contributed by atoms with Gasteiger partial charge in [-0.05, 0) is 61.0 Å². The Hall–Kier alpha value is -2.68. The molecule has 0 spiro atoms. The fourth-order valence-corrected chi connectivity index (χ4v) is 2.17. The number of nitrogens with zero attached hydrogens (tertiary/aromatic N) is 2. The second kappa shape index (κ2) is 7.47. The Bertz CT molecular complexity index is 788. The van der Waals surface area contributed by atoms with E-state index in [4.69, 9.17) is 4.74 Å². The molecule has 0 aliphatic carbocycles. The minimum atomic E-state index is -0.557. The molecule has 2 aromatic rings. The van der Waals surface area contributed by atoms with E-state index in [0.29, 0.717) is 15.9 Å². The third-order valence-corrected chi connectivity index (χ3v) is 3.27. The molecule has 8 nitrogen and oxygen atoms in total. The molecule has 0 aliphatic heterocycles. The Kier molecular flexibility index (Phi) is 5.58. The maximum atomic E-state index is 11.7. The van der Waals surface area contributed by atoms with E-state index in [9.17, 15) is 14.9 Å². The summed E-state index contributed by atoms with van der Waals surface area (Å²) in [6.45, 7) is 5.54. The molecule has 0 aliphatic rings. The molecule has 1 heterocycles. The van der Waals surface area contributed by atoms with Gasteiger partial charge >= 0.3 is 11.8 Å². The molecule has 0 saturated carbocycles. The summed E-state index contributed by atoms with van der Waals surface area (Å²) in [6, 6.07) is 7.79. The van der Waals surface area contributed by atoms with Crippen LogP contribution in [0.3, 0.4) is 0 Å². The molecule has 1 amide bonds. The summed E-state index contributed by atoms with van der Waals surface area (Å²) in [6.07, 6.45) is 0.905. The molecule has 0 radical (unpaired) electrons. The number of hydrogen-bond acceptors (Lipinski definition) is 6. The molecule has 0 atom stereocenters. The van der Waals surface area contributed by atoms with Gasteiger partial charge in [-0.3, -0.25) is 10.1 Å². The molecule has 0 bridgehead atoms. The van der Waals surface area contributed by atoms with E-state index in [0.717, 1.165) is 0 Å². The second-order valence-corrected chi connectivity index (χ2v) is 7.11. The van der Waals surface area contributed by atoms with Gasteiger partial charge in [-0.25, -0.2) is 9.78 Å². The first-order valence-electron chi connectivity index (χ1n) is 7.31. The number of benzene rings is 1. The third-order valence-electron chi connectivity index (χ3n) is 2.84. The molecule has 132 valence electrons. The van der Waals surface area contributed by atoms with Crippen LogP contribution in [0, 0.1) is 10.1 Å². The van der Waals surface area contributed by atoms with E-state index in [2.05, 4.69) is 31.5 Å². The number of nitro groups is 1. The highest BCUT2D eigenvalue weighted by Gasteiger charge is 2.17. The lowest BCUT2D eigenvalue weighted by molar-refractivity contribution is -0.384. The molecule has 9 heteroatoms. The van der Waals surface area contributed by atoms with Crippen molar-refractivity contribution >= 4 is 39.2 Å². The highest BCUT2D eigenvalue weighted by atomic mass is 79.9. The highest BCUT2D eigenvalue weighted by molar-refractivity contribution is 9.10. The quantitative estimate of drug-likeness (QED) is 0.573. The number of ether oxygens (including phenoxy) is 1. The van der Waals surface area contributed by atoms with Gasteiger partial charge in [0.25, 0.3) is 0 Å². The molecule has 1 aromatic heterocycles. The van der Waals surface area contributed by atoms with Crippen molar-refractivity contribution in [3.05, 3.63) is 51.1 Å². The minimum Gasteiger partial charge on any atom is -0.410 e. The summed E-state index contributed by atoms with van der Waals surface area (Å²) in [5, 5.41) is 16.6. The molecule has 0 unspecified atom stereocenters. The van der Waals surface area contributed by atoms with E-state index >= 15 is 0 Å². The van der Waals surface area contributed by atoms with Gasteiger partial charge in [0.05, 0.1) is 4.92 Å². The van der Waals surface area contributed by atoms with Crippen LogP contribution < -0.4 is 15.4 Å². The lowest BCUT2D eigenvalue weighted by Gasteiger charge is -2.19. The van der Waals surface area contributed by atoms with Crippen molar-refractivity contribution in [3.8, 4) is 5.75 Å². The maximum Gasteiger partial charge on any atom is 0.413 e. The number of rotatable bonds is 4. The number of anilines is 2. The first-order chi connectivity index (χ1) is 11.6. The first-order valence-corrected chi connectivity index (χ1v) is 8.10. The van der Waals surface area contributed by atoms with E-state index in [1.54, 1.807) is 24.3 Å². The average Bonchev–Trinajstić information content (AvgIpc) is 2.49. The molecule has 2 rings (SSSR count). The molecular weight excluding hydrogens is 392 g/mol. The van der Waals surface area contributed by atoms with Gasteiger partial charge in [-0.2, -0.15) is 0 Å². The molecule has 0 fully saturated rings. The number of halogens is 1. The highest BCUT2D eigenvalue weighted by Crippen LogP contribution is 2.28. The number of amides is 1. The fraction of sp³-hybridized carbons (Fsp3) is 0.250. The predicted octanol–water partition coefficient (Wildman–Crippen LogP) is 4.38. The standard InChI is InChI=1S/C16H17BrN4O4/c1-16(2,3)20-15(22)25-12-6-4-11(5-7-12)19-14-13(21(23)24)8-10(17)9-18-14/h4-9H,1-3H3,(H,18,19)(H,20,22). The number of carbonyl (C=O) groups is 1. The van der Waals surface area contributed by atoms with Crippen LogP contribution in [-0.2, 0) is 0 Å².